The zero-order chi connectivity index (χ0) is 12.8. The minimum atomic E-state index is 0. The first kappa shape index (κ1) is 16.1. The molecule has 4 nitrogen and oxygen atoms in total. The van der Waals surface area contributed by atoms with Gasteiger partial charge in [-0.1, -0.05) is 31.5 Å². The van der Waals surface area contributed by atoms with Crippen molar-refractivity contribution < 1.29 is 4.74 Å². The molecule has 0 bridgehead atoms. The first-order valence-electron chi connectivity index (χ1n) is 6.58. The lowest BCUT2D eigenvalue weighted by molar-refractivity contribution is 0.242. The first-order valence-corrected chi connectivity index (χ1v) is 6.58. The molecule has 0 spiro atoms. The maximum Gasteiger partial charge on any atom is 0.188 e. The van der Waals surface area contributed by atoms with Crippen molar-refractivity contribution in [3.63, 3.8) is 0 Å². The van der Waals surface area contributed by atoms with Crippen molar-refractivity contribution in [1.29, 1.82) is 0 Å². The number of nitrogens with one attached hydrogen (secondary N) is 1. The van der Waals surface area contributed by atoms with Gasteiger partial charge >= 0.3 is 0 Å². The van der Waals surface area contributed by atoms with Crippen LogP contribution in [-0.4, -0.2) is 25.2 Å². The average Bonchev–Trinajstić information content (AvgIpc) is 2.79. The van der Waals surface area contributed by atoms with E-state index in [1.807, 2.05) is 18.2 Å². The molecule has 0 aromatic heterocycles. The van der Waals surface area contributed by atoms with E-state index >= 15 is 0 Å². The molecular weight excluding hydrogens is 353 g/mol. The lowest BCUT2D eigenvalue weighted by Gasteiger charge is -2.09. The van der Waals surface area contributed by atoms with Gasteiger partial charge in [0.05, 0.1) is 6.54 Å². The number of nitrogens with zero attached hydrogens (tertiary/aromatic N) is 1. The second-order valence-electron chi connectivity index (χ2n) is 4.56. The van der Waals surface area contributed by atoms with Gasteiger partial charge in [0.2, 0.25) is 0 Å². The number of ether oxygens (including phenoxy) is 1. The van der Waals surface area contributed by atoms with Crippen LogP contribution in [0.4, 0.5) is 0 Å². The molecule has 0 aliphatic carbocycles. The van der Waals surface area contributed by atoms with E-state index in [0.717, 1.165) is 31.6 Å². The number of para-hydroxylation sites is 1. The monoisotopic (exact) mass is 375 g/mol. The molecule has 2 rings (SSSR count). The largest absolute Gasteiger partial charge is 0.488 e. The quantitative estimate of drug-likeness (QED) is 0.359. The van der Waals surface area contributed by atoms with Crippen LogP contribution in [-0.2, 0) is 6.42 Å². The summed E-state index contributed by atoms with van der Waals surface area (Å²) in [6.07, 6.45) is 3.30. The molecule has 0 saturated heterocycles. The van der Waals surface area contributed by atoms with Crippen molar-refractivity contribution in [1.82, 2.24) is 5.32 Å². The highest BCUT2D eigenvalue weighted by molar-refractivity contribution is 14.0. The van der Waals surface area contributed by atoms with Crippen molar-refractivity contribution in [2.75, 3.05) is 13.1 Å². The Hall–Kier alpha value is -0.980. The zero-order valence-corrected chi connectivity index (χ0v) is 13.6. The van der Waals surface area contributed by atoms with Crippen LogP contribution in [0.5, 0.6) is 5.75 Å². The Bertz CT molecular complexity index is 398. The van der Waals surface area contributed by atoms with E-state index in [-0.39, 0.29) is 30.1 Å². The molecule has 0 radical (unpaired) electrons. The van der Waals surface area contributed by atoms with Crippen molar-refractivity contribution in [2.45, 2.75) is 32.3 Å². The van der Waals surface area contributed by atoms with Gasteiger partial charge in [-0.3, -0.25) is 0 Å². The van der Waals surface area contributed by atoms with Crippen LogP contribution in [0.1, 0.15) is 25.3 Å². The van der Waals surface area contributed by atoms with Gasteiger partial charge in [0, 0.05) is 13.0 Å². The topological polar surface area (TPSA) is 59.6 Å². The van der Waals surface area contributed by atoms with Crippen LogP contribution in [0.15, 0.2) is 29.3 Å². The number of hydrogen-bond donors (Lipinski definition) is 2. The Morgan fingerprint density at radius 3 is 3.00 bits per heavy atom. The van der Waals surface area contributed by atoms with E-state index in [1.54, 1.807) is 0 Å². The van der Waals surface area contributed by atoms with E-state index in [1.165, 1.54) is 5.56 Å². The third kappa shape index (κ3) is 4.89. The molecule has 0 fully saturated rings. The summed E-state index contributed by atoms with van der Waals surface area (Å²) in [6.45, 7) is 3.65. The summed E-state index contributed by atoms with van der Waals surface area (Å²) < 4.78 is 5.79. The lowest BCUT2D eigenvalue weighted by atomic mass is 10.1. The number of hydrogen-bond acceptors (Lipinski definition) is 2. The molecule has 1 heterocycles. The molecule has 106 valence electrons. The molecular formula is C14H22IN3O. The molecule has 1 aromatic carbocycles. The van der Waals surface area contributed by atoms with Gasteiger partial charge in [-0.2, -0.15) is 0 Å². The number of aliphatic imine (C=N–C) groups is 1. The summed E-state index contributed by atoms with van der Waals surface area (Å²) in [4.78, 5) is 4.32. The molecule has 1 aliphatic heterocycles. The Balaban J connectivity index is 0.00000180. The molecule has 5 heteroatoms. The minimum Gasteiger partial charge on any atom is -0.488 e. The standard InChI is InChI=1S/C14H21N3O.HI/c1-2-3-8-16-14(15)17-10-12-9-11-6-4-5-7-13(11)18-12;/h4-7,12H,2-3,8-10H2,1H3,(H3,15,16,17);1H. The smallest absolute Gasteiger partial charge is 0.188 e. The third-order valence-corrected chi connectivity index (χ3v) is 3.02. The maximum absolute atomic E-state index is 5.79. The highest BCUT2D eigenvalue weighted by Gasteiger charge is 2.21. The Morgan fingerprint density at radius 1 is 1.47 bits per heavy atom. The van der Waals surface area contributed by atoms with Crippen LogP contribution in [0.2, 0.25) is 0 Å². The van der Waals surface area contributed by atoms with Crippen molar-refractivity contribution in [3.8, 4) is 5.75 Å². The molecule has 1 atom stereocenters. The second kappa shape index (κ2) is 8.24. The number of nitrogens with two attached hydrogens (primary N) is 1. The Morgan fingerprint density at radius 2 is 2.26 bits per heavy atom. The summed E-state index contributed by atoms with van der Waals surface area (Å²) in [5.41, 5.74) is 7.04. The minimum absolute atomic E-state index is 0. The lowest BCUT2D eigenvalue weighted by Crippen LogP contribution is -2.33. The number of benzene rings is 1. The van der Waals surface area contributed by atoms with Crippen LogP contribution in [0, 0.1) is 0 Å². The van der Waals surface area contributed by atoms with E-state index < -0.39 is 0 Å². The fourth-order valence-corrected chi connectivity index (χ4v) is 2.01. The number of unbranched alkanes of at least 4 members (excludes halogenated alkanes) is 1. The molecule has 0 amide bonds. The highest BCUT2D eigenvalue weighted by atomic mass is 127. The molecule has 3 N–H and O–H groups in total. The van der Waals surface area contributed by atoms with Crippen LogP contribution in [0.3, 0.4) is 0 Å². The Labute approximate surface area is 131 Å². The summed E-state index contributed by atoms with van der Waals surface area (Å²) in [6, 6.07) is 8.13. The Kier molecular flexibility index (Phi) is 6.97. The van der Waals surface area contributed by atoms with E-state index in [4.69, 9.17) is 10.5 Å². The van der Waals surface area contributed by atoms with E-state index in [2.05, 4.69) is 23.3 Å². The van der Waals surface area contributed by atoms with Crippen molar-refractivity contribution >= 4 is 29.9 Å². The summed E-state index contributed by atoms with van der Waals surface area (Å²) in [5.74, 6) is 1.50. The average molecular weight is 375 g/mol. The van der Waals surface area contributed by atoms with Gasteiger partial charge in [-0.25, -0.2) is 4.99 Å². The SMILES string of the molecule is CCCCNC(N)=NCC1Cc2ccccc2O1.I. The highest BCUT2D eigenvalue weighted by Crippen LogP contribution is 2.27. The van der Waals surface area contributed by atoms with Gasteiger partial charge in [0.1, 0.15) is 11.9 Å². The van der Waals surface area contributed by atoms with Crippen LogP contribution >= 0.6 is 24.0 Å². The summed E-state index contributed by atoms with van der Waals surface area (Å²) in [5, 5.41) is 3.10. The first-order chi connectivity index (χ1) is 8.79. The van der Waals surface area contributed by atoms with E-state index in [0.29, 0.717) is 12.5 Å². The number of rotatable bonds is 5. The van der Waals surface area contributed by atoms with Crippen molar-refractivity contribution in [2.24, 2.45) is 10.7 Å². The number of halogens is 1. The molecule has 1 aliphatic rings. The fraction of sp³-hybridized carbons (Fsp3) is 0.500. The predicted molar refractivity (Wildman–Crippen MR) is 89.4 cm³/mol. The second-order valence-corrected chi connectivity index (χ2v) is 4.56. The fourth-order valence-electron chi connectivity index (χ4n) is 2.01. The molecule has 1 unspecified atom stereocenters. The summed E-state index contributed by atoms with van der Waals surface area (Å²) >= 11 is 0. The molecule has 1 aromatic rings. The van der Waals surface area contributed by atoms with Crippen LogP contribution in [0.25, 0.3) is 0 Å². The van der Waals surface area contributed by atoms with Gasteiger partial charge < -0.3 is 15.8 Å². The van der Waals surface area contributed by atoms with E-state index in [9.17, 15) is 0 Å². The third-order valence-electron chi connectivity index (χ3n) is 3.02. The summed E-state index contributed by atoms with van der Waals surface area (Å²) in [7, 11) is 0. The van der Waals surface area contributed by atoms with Gasteiger partial charge in [0.15, 0.2) is 5.96 Å². The molecule has 19 heavy (non-hydrogen) atoms. The normalized spacial score (nSPS) is 17.3. The van der Waals surface area contributed by atoms with Crippen molar-refractivity contribution in [3.05, 3.63) is 29.8 Å². The molecule has 0 saturated carbocycles. The van der Waals surface area contributed by atoms with Crippen LogP contribution < -0.4 is 15.8 Å². The maximum atomic E-state index is 5.79. The zero-order valence-electron chi connectivity index (χ0n) is 11.3. The predicted octanol–water partition coefficient (Wildman–Crippen LogP) is 2.31. The number of fused-ring (bicyclic) bond motifs is 1. The van der Waals surface area contributed by atoms with Gasteiger partial charge in [-0.05, 0) is 18.1 Å². The number of guanidine groups is 1. The van der Waals surface area contributed by atoms with Gasteiger partial charge in [-0.15, -0.1) is 24.0 Å². The van der Waals surface area contributed by atoms with Gasteiger partial charge in [0.25, 0.3) is 0 Å².